The molecule has 0 aliphatic carbocycles. The van der Waals surface area contributed by atoms with Crippen LogP contribution in [-0.2, 0) is 0 Å². The topological polar surface area (TPSA) is 0 Å². The van der Waals surface area contributed by atoms with Crippen molar-refractivity contribution in [3.63, 3.8) is 0 Å². The fraction of sp³-hybridized carbons (Fsp3) is 1.00. The van der Waals surface area contributed by atoms with E-state index in [1.54, 1.807) is 0 Å². The Bertz CT molecular complexity index is 194. The second kappa shape index (κ2) is 7.78. The molecule has 2 unspecified atom stereocenters. The molecule has 0 fully saturated rings. The fourth-order valence-electron chi connectivity index (χ4n) is 2.29. The maximum Gasteiger partial charge on any atom is -0.0325 e. The Balaban J connectivity index is 3.94. The van der Waals surface area contributed by atoms with Gasteiger partial charge in [0.1, 0.15) is 0 Å². The average molecular weight is 258 g/mol. The molecule has 2 atom stereocenters. The van der Waals surface area contributed by atoms with Crippen molar-refractivity contribution in [1.82, 2.24) is 0 Å². The van der Waals surface area contributed by atoms with Gasteiger partial charge in [-0.25, -0.2) is 0 Å². The van der Waals surface area contributed by atoms with Crippen LogP contribution in [0.5, 0.6) is 0 Å². The molecule has 0 saturated carbocycles. The molecule has 0 aliphatic heterocycles. The Morgan fingerprint density at radius 1 is 0.941 bits per heavy atom. The van der Waals surface area contributed by atoms with Gasteiger partial charge in [-0.2, -0.15) is 0 Å². The monoisotopic (exact) mass is 258 g/mol. The van der Waals surface area contributed by atoms with E-state index in [1.165, 1.54) is 44.7 Å². The van der Waals surface area contributed by atoms with Crippen molar-refractivity contribution in [2.24, 2.45) is 16.7 Å². The van der Waals surface area contributed by atoms with Gasteiger partial charge in [-0.15, -0.1) is 9.24 Å². The minimum absolute atomic E-state index is 0.516. The molecular formula is C16H35P. The third kappa shape index (κ3) is 6.80. The Kier molecular flexibility index (Phi) is 7.97. The van der Waals surface area contributed by atoms with Crippen molar-refractivity contribution in [2.75, 3.05) is 6.16 Å². The van der Waals surface area contributed by atoms with Gasteiger partial charge in [0.2, 0.25) is 0 Å². The lowest BCUT2D eigenvalue weighted by atomic mass is 9.75. The van der Waals surface area contributed by atoms with Gasteiger partial charge in [-0.1, -0.05) is 67.2 Å². The fourth-order valence-corrected chi connectivity index (χ4v) is 3.16. The van der Waals surface area contributed by atoms with E-state index >= 15 is 0 Å². The number of rotatable bonds is 9. The highest BCUT2D eigenvalue weighted by Crippen LogP contribution is 2.36. The Morgan fingerprint density at radius 2 is 1.53 bits per heavy atom. The van der Waals surface area contributed by atoms with Crippen molar-refractivity contribution in [1.29, 1.82) is 0 Å². The number of hydrogen-bond acceptors (Lipinski definition) is 0. The number of unbranched alkanes of at least 4 members (excludes halogenated alkanes) is 1. The minimum atomic E-state index is 0.516. The lowest BCUT2D eigenvalue weighted by Crippen LogP contribution is -2.24. The van der Waals surface area contributed by atoms with Crippen LogP contribution >= 0.6 is 9.24 Å². The van der Waals surface area contributed by atoms with E-state index in [2.05, 4.69) is 50.8 Å². The minimum Gasteiger partial charge on any atom is -0.137 e. The molecule has 0 aromatic rings. The molecule has 0 bridgehead atoms. The maximum atomic E-state index is 2.95. The van der Waals surface area contributed by atoms with Crippen LogP contribution in [0.15, 0.2) is 0 Å². The van der Waals surface area contributed by atoms with Crippen LogP contribution in [0.4, 0.5) is 0 Å². The Labute approximate surface area is 113 Å². The Hall–Kier alpha value is 0.430. The summed E-state index contributed by atoms with van der Waals surface area (Å²) in [5, 5.41) is 0. The Morgan fingerprint density at radius 3 is 1.94 bits per heavy atom. The molecule has 104 valence electrons. The first kappa shape index (κ1) is 17.4. The van der Waals surface area contributed by atoms with E-state index in [-0.39, 0.29) is 0 Å². The molecule has 17 heavy (non-hydrogen) atoms. The highest BCUT2D eigenvalue weighted by Gasteiger charge is 2.25. The van der Waals surface area contributed by atoms with Crippen molar-refractivity contribution in [2.45, 2.75) is 80.1 Å². The molecule has 0 rings (SSSR count). The first-order valence-corrected chi connectivity index (χ1v) is 8.30. The lowest BCUT2D eigenvalue weighted by Gasteiger charge is -2.33. The zero-order valence-electron chi connectivity index (χ0n) is 13.1. The predicted molar refractivity (Wildman–Crippen MR) is 84.7 cm³/mol. The van der Waals surface area contributed by atoms with Crippen LogP contribution in [0.25, 0.3) is 0 Å². The molecule has 0 amide bonds. The third-order valence-corrected chi connectivity index (χ3v) is 5.48. The van der Waals surface area contributed by atoms with Gasteiger partial charge in [-0.05, 0) is 35.8 Å². The summed E-state index contributed by atoms with van der Waals surface area (Å²) in [6, 6.07) is 0. The maximum absolute atomic E-state index is 2.95. The summed E-state index contributed by atoms with van der Waals surface area (Å²) in [6.07, 6.45) is 9.47. The molecule has 0 aromatic heterocycles. The van der Waals surface area contributed by atoms with Gasteiger partial charge >= 0.3 is 0 Å². The smallest absolute Gasteiger partial charge is 0.0325 e. The normalized spacial score (nSPS) is 15.0. The standard InChI is InChI=1S/C16H35P/c1-7-15(3,4)12-10-9-11-14(13-17)16(5,6)8-2/h14H,7-13,17H2,1-6H3. The molecule has 0 spiro atoms. The zero-order valence-corrected chi connectivity index (χ0v) is 14.3. The summed E-state index contributed by atoms with van der Waals surface area (Å²) in [6.45, 7) is 14.3. The highest BCUT2D eigenvalue weighted by atomic mass is 31.0. The number of hydrogen-bond donors (Lipinski definition) is 0. The van der Waals surface area contributed by atoms with E-state index in [4.69, 9.17) is 0 Å². The molecule has 0 aliphatic rings. The van der Waals surface area contributed by atoms with Gasteiger partial charge < -0.3 is 0 Å². The lowest BCUT2D eigenvalue weighted by molar-refractivity contribution is 0.204. The second-order valence-corrected chi connectivity index (χ2v) is 7.51. The SMILES string of the molecule is CCC(C)(C)CCCCC(CP)C(C)(C)CC. The van der Waals surface area contributed by atoms with Crippen LogP contribution in [0.2, 0.25) is 0 Å². The van der Waals surface area contributed by atoms with Crippen LogP contribution in [-0.4, -0.2) is 6.16 Å². The van der Waals surface area contributed by atoms with Crippen molar-refractivity contribution >= 4 is 9.24 Å². The van der Waals surface area contributed by atoms with Crippen LogP contribution in [0.3, 0.4) is 0 Å². The third-order valence-electron chi connectivity index (χ3n) is 4.91. The first-order chi connectivity index (χ1) is 7.79. The summed E-state index contributed by atoms with van der Waals surface area (Å²) < 4.78 is 0. The molecule has 0 radical (unpaired) electrons. The van der Waals surface area contributed by atoms with Crippen molar-refractivity contribution in [3.05, 3.63) is 0 Å². The molecule has 0 saturated heterocycles. The van der Waals surface area contributed by atoms with Crippen LogP contribution < -0.4 is 0 Å². The van der Waals surface area contributed by atoms with E-state index in [9.17, 15) is 0 Å². The van der Waals surface area contributed by atoms with Gasteiger partial charge in [0.05, 0.1) is 0 Å². The summed E-state index contributed by atoms with van der Waals surface area (Å²) in [5.41, 5.74) is 1.07. The molecular weight excluding hydrogens is 223 g/mol. The largest absolute Gasteiger partial charge is 0.137 e. The quantitative estimate of drug-likeness (QED) is 0.356. The second-order valence-electron chi connectivity index (χ2n) is 7.04. The van der Waals surface area contributed by atoms with Crippen molar-refractivity contribution in [3.8, 4) is 0 Å². The first-order valence-electron chi connectivity index (χ1n) is 7.49. The van der Waals surface area contributed by atoms with Crippen LogP contribution in [0, 0.1) is 16.7 Å². The molecule has 0 N–H and O–H groups in total. The summed E-state index contributed by atoms with van der Waals surface area (Å²) in [4.78, 5) is 0. The molecule has 0 heterocycles. The average Bonchev–Trinajstić information content (AvgIpc) is 2.28. The van der Waals surface area contributed by atoms with E-state index in [1.807, 2.05) is 0 Å². The van der Waals surface area contributed by atoms with Gasteiger partial charge in [0, 0.05) is 0 Å². The summed E-state index contributed by atoms with van der Waals surface area (Å²) in [7, 11) is 2.95. The van der Waals surface area contributed by atoms with E-state index in [0.29, 0.717) is 10.8 Å². The van der Waals surface area contributed by atoms with Crippen LogP contribution in [0.1, 0.15) is 80.1 Å². The summed E-state index contributed by atoms with van der Waals surface area (Å²) >= 11 is 0. The predicted octanol–water partition coefficient (Wildman–Crippen LogP) is 5.91. The molecule has 1 heteroatoms. The highest BCUT2D eigenvalue weighted by molar-refractivity contribution is 7.16. The molecule has 0 aromatic carbocycles. The molecule has 0 nitrogen and oxygen atoms in total. The van der Waals surface area contributed by atoms with Gasteiger partial charge in [-0.3, -0.25) is 0 Å². The van der Waals surface area contributed by atoms with E-state index < -0.39 is 0 Å². The van der Waals surface area contributed by atoms with Gasteiger partial charge in [0.15, 0.2) is 0 Å². The van der Waals surface area contributed by atoms with Gasteiger partial charge in [0.25, 0.3) is 0 Å². The summed E-state index contributed by atoms with van der Waals surface area (Å²) in [5.74, 6) is 0.877. The van der Waals surface area contributed by atoms with Crippen molar-refractivity contribution < 1.29 is 0 Å². The van der Waals surface area contributed by atoms with E-state index in [0.717, 1.165) is 5.92 Å². The zero-order chi connectivity index (χ0) is 13.5.